The number of aliphatic hydroxyl groups is 1. The van der Waals surface area contributed by atoms with Gasteiger partial charge in [-0.05, 0) is 82.0 Å². The first-order valence-electron chi connectivity index (χ1n) is 16.7. The van der Waals surface area contributed by atoms with E-state index in [1.165, 1.54) is 32.1 Å². The topological polar surface area (TPSA) is 94.5 Å². The van der Waals surface area contributed by atoms with Crippen molar-refractivity contribution in [3.63, 3.8) is 0 Å². The van der Waals surface area contributed by atoms with Crippen molar-refractivity contribution in [1.29, 1.82) is 0 Å². The van der Waals surface area contributed by atoms with Crippen LogP contribution in [-0.4, -0.2) is 60.3 Å². The number of ether oxygens (including phenoxy) is 4. The molecule has 7 nitrogen and oxygen atoms in total. The number of aliphatic hydroxyl groups excluding tert-OH is 1. The Kier molecular flexibility index (Phi) is 13.7. The number of rotatable bonds is 16. The third kappa shape index (κ3) is 10.1. The molecule has 0 amide bonds. The van der Waals surface area contributed by atoms with Gasteiger partial charge in [0.15, 0.2) is 12.6 Å². The maximum absolute atomic E-state index is 11.2. The summed E-state index contributed by atoms with van der Waals surface area (Å²) in [5.41, 5.74) is 0. The van der Waals surface area contributed by atoms with E-state index in [1.54, 1.807) is 0 Å². The van der Waals surface area contributed by atoms with E-state index in [1.807, 2.05) is 0 Å². The lowest BCUT2D eigenvalue weighted by molar-refractivity contribution is -0.193. The van der Waals surface area contributed by atoms with Crippen LogP contribution in [0.25, 0.3) is 0 Å². The minimum absolute atomic E-state index is 0.0333. The molecule has 2 saturated heterocycles. The lowest BCUT2D eigenvalue weighted by Crippen LogP contribution is -2.32. The van der Waals surface area contributed by atoms with Crippen LogP contribution in [0, 0.1) is 23.7 Å². The Morgan fingerprint density at radius 3 is 2.38 bits per heavy atom. The van der Waals surface area contributed by atoms with Gasteiger partial charge in [-0.15, -0.1) is 0 Å². The van der Waals surface area contributed by atoms with Crippen molar-refractivity contribution in [2.24, 2.45) is 23.7 Å². The predicted molar refractivity (Wildman–Crippen MR) is 155 cm³/mol. The third-order valence-corrected chi connectivity index (χ3v) is 9.75. The van der Waals surface area contributed by atoms with Crippen LogP contribution in [0.3, 0.4) is 0 Å². The van der Waals surface area contributed by atoms with Crippen LogP contribution in [0.1, 0.15) is 122 Å². The van der Waals surface area contributed by atoms with Crippen LogP contribution >= 0.6 is 0 Å². The molecule has 4 fully saturated rings. The standard InChI is InChI=1S/C33H56O7/c1-2-11-24-16-17-25(22-24)29(39-32-14-7-9-20-37-32)19-18-27-26(12-5-3-4-6-13-31(35)36)28(34)23-30(27)40-33-15-8-10-21-38-33/h18-19,24-30,32-34H,2-17,20-23H2,1H3,(H,35,36)/t24?,25?,26-,27-,28+,29-,30-,32?,33?/m1/s1. The number of aliphatic carboxylic acids is 1. The zero-order chi connectivity index (χ0) is 28.2. The van der Waals surface area contributed by atoms with Crippen molar-refractivity contribution < 1.29 is 34.0 Å². The molecule has 0 radical (unpaired) electrons. The van der Waals surface area contributed by atoms with Gasteiger partial charge in [0, 0.05) is 32.0 Å². The van der Waals surface area contributed by atoms with Crippen molar-refractivity contribution >= 4 is 5.97 Å². The van der Waals surface area contributed by atoms with Crippen molar-refractivity contribution in [3.05, 3.63) is 12.2 Å². The van der Waals surface area contributed by atoms with E-state index in [0.717, 1.165) is 89.8 Å². The number of unbranched alkanes of at least 4 members (excludes halogenated alkanes) is 3. The molecule has 4 rings (SSSR count). The number of carbonyl (C=O) groups is 1. The summed E-state index contributed by atoms with van der Waals surface area (Å²) in [5, 5.41) is 20.1. The smallest absolute Gasteiger partial charge is 0.303 e. The maximum atomic E-state index is 11.2. The number of carboxylic acid groups (broad SMARTS) is 1. The first-order chi connectivity index (χ1) is 19.5. The third-order valence-electron chi connectivity index (χ3n) is 9.75. The molecule has 0 aromatic heterocycles. The molecular formula is C33H56O7. The van der Waals surface area contributed by atoms with Crippen LogP contribution in [0.15, 0.2) is 12.2 Å². The van der Waals surface area contributed by atoms with Gasteiger partial charge in [0.25, 0.3) is 0 Å². The van der Waals surface area contributed by atoms with E-state index in [4.69, 9.17) is 24.1 Å². The van der Waals surface area contributed by atoms with Crippen LogP contribution in [0.5, 0.6) is 0 Å². The second kappa shape index (κ2) is 17.2. The molecular weight excluding hydrogens is 508 g/mol. The summed E-state index contributed by atoms with van der Waals surface area (Å²) < 4.78 is 25.1. The van der Waals surface area contributed by atoms with Gasteiger partial charge >= 0.3 is 5.97 Å². The van der Waals surface area contributed by atoms with Gasteiger partial charge in [0.2, 0.25) is 0 Å². The molecule has 2 N–H and O–H groups in total. The highest BCUT2D eigenvalue weighted by molar-refractivity contribution is 5.66. The van der Waals surface area contributed by atoms with Crippen molar-refractivity contribution in [3.8, 4) is 0 Å². The molecule has 2 aliphatic carbocycles. The summed E-state index contributed by atoms with van der Waals surface area (Å²) in [6, 6.07) is 0. The Morgan fingerprint density at radius 2 is 1.68 bits per heavy atom. The molecule has 2 heterocycles. The molecule has 4 aliphatic rings. The Labute approximate surface area is 242 Å². The molecule has 7 heteroatoms. The molecule has 0 aromatic carbocycles. The molecule has 0 spiro atoms. The average molecular weight is 565 g/mol. The van der Waals surface area contributed by atoms with Crippen LogP contribution in [0.4, 0.5) is 0 Å². The molecule has 9 atom stereocenters. The minimum atomic E-state index is -0.722. The number of hydrogen-bond acceptors (Lipinski definition) is 6. The van der Waals surface area contributed by atoms with Gasteiger partial charge in [-0.1, -0.05) is 57.6 Å². The first-order valence-corrected chi connectivity index (χ1v) is 16.7. The van der Waals surface area contributed by atoms with Gasteiger partial charge in [-0.3, -0.25) is 4.79 Å². The van der Waals surface area contributed by atoms with Gasteiger partial charge in [0.1, 0.15) is 0 Å². The highest BCUT2D eigenvalue weighted by Crippen LogP contribution is 2.42. The minimum Gasteiger partial charge on any atom is -0.481 e. The lowest BCUT2D eigenvalue weighted by atomic mass is 9.87. The van der Waals surface area contributed by atoms with Crippen LogP contribution < -0.4 is 0 Å². The van der Waals surface area contributed by atoms with E-state index in [2.05, 4.69) is 19.1 Å². The fraction of sp³-hybridized carbons (Fsp3) is 0.909. The first kappa shape index (κ1) is 31.9. The monoisotopic (exact) mass is 564 g/mol. The summed E-state index contributed by atoms with van der Waals surface area (Å²) >= 11 is 0. The summed E-state index contributed by atoms with van der Waals surface area (Å²) in [6.07, 6.45) is 21.9. The van der Waals surface area contributed by atoms with Crippen molar-refractivity contribution in [2.75, 3.05) is 13.2 Å². The van der Waals surface area contributed by atoms with Crippen molar-refractivity contribution in [1.82, 2.24) is 0 Å². The summed E-state index contributed by atoms with van der Waals surface area (Å²) in [5.74, 6) is 0.833. The van der Waals surface area contributed by atoms with Crippen molar-refractivity contribution in [2.45, 2.75) is 153 Å². The second-order valence-electron chi connectivity index (χ2n) is 12.9. The van der Waals surface area contributed by atoms with Gasteiger partial charge in [-0.2, -0.15) is 0 Å². The Morgan fingerprint density at radius 1 is 0.925 bits per heavy atom. The van der Waals surface area contributed by atoms with E-state index in [9.17, 15) is 9.90 Å². The molecule has 230 valence electrons. The van der Waals surface area contributed by atoms with E-state index >= 15 is 0 Å². The van der Waals surface area contributed by atoms with Gasteiger partial charge in [0.05, 0.1) is 18.3 Å². The molecule has 2 aliphatic heterocycles. The normalized spacial score (nSPS) is 35.9. The van der Waals surface area contributed by atoms with Gasteiger partial charge < -0.3 is 29.2 Å². The number of carboxylic acids is 1. The summed E-state index contributed by atoms with van der Waals surface area (Å²) in [4.78, 5) is 10.8. The number of hydrogen-bond donors (Lipinski definition) is 2. The van der Waals surface area contributed by atoms with Gasteiger partial charge in [-0.25, -0.2) is 0 Å². The predicted octanol–water partition coefficient (Wildman–Crippen LogP) is 7.00. The highest BCUT2D eigenvalue weighted by Gasteiger charge is 2.43. The zero-order valence-corrected chi connectivity index (χ0v) is 24.9. The summed E-state index contributed by atoms with van der Waals surface area (Å²) in [6.45, 7) is 3.81. The SMILES string of the molecule is CCCC1CCC([C@@H](C=C[C@@H]2[C@@H](CCCCCCC(=O)O)[C@@H](O)C[C@H]2OC2CCCCO2)OC2CCCCO2)C1. The fourth-order valence-electron chi connectivity index (χ4n) is 7.55. The molecule has 0 bridgehead atoms. The van der Waals surface area contributed by atoms with E-state index in [-0.39, 0.29) is 43.0 Å². The Balaban J connectivity index is 1.43. The van der Waals surface area contributed by atoms with Crippen LogP contribution in [0.2, 0.25) is 0 Å². The average Bonchev–Trinajstić information content (AvgIpc) is 3.53. The Bertz CT molecular complexity index is 745. The molecule has 40 heavy (non-hydrogen) atoms. The molecule has 4 unspecified atom stereocenters. The Hall–Kier alpha value is -0.990. The molecule has 2 saturated carbocycles. The highest BCUT2D eigenvalue weighted by atomic mass is 16.7. The van der Waals surface area contributed by atoms with E-state index < -0.39 is 12.1 Å². The fourth-order valence-corrected chi connectivity index (χ4v) is 7.55. The second-order valence-corrected chi connectivity index (χ2v) is 12.9. The van der Waals surface area contributed by atoms with Crippen LogP contribution in [-0.2, 0) is 23.7 Å². The maximum Gasteiger partial charge on any atom is 0.303 e. The quantitative estimate of drug-likeness (QED) is 0.154. The lowest BCUT2D eigenvalue weighted by Gasteiger charge is -2.31. The summed E-state index contributed by atoms with van der Waals surface area (Å²) in [7, 11) is 0. The molecule has 0 aromatic rings. The zero-order valence-electron chi connectivity index (χ0n) is 24.9. The largest absolute Gasteiger partial charge is 0.481 e. The van der Waals surface area contributed by atoms with E-state index in [0.29, 0.717) is 12.3 Å².